The number of hydrogen-bond donors (Lipinski definition) is 0. The second-order valence-electron chi connectivity index (χ2n) is 7.22. The molecule has 1 aromatic rings. The van der Waals surface area contributed by atoms with E-state index in [1.54, 1.807) is 0 Å². The highest BCUT2D eigenvalue weighted by atomic mass is 16.8. The first-order valence-corrected chi connectivity index (χ1v) is 8.98. The van der Waals surface area contributed by atoms with E-state index < -0.39 is 36.5 Å². The van der Waals surface area contributed by atoms with Gasteiger partial charge in [-0.05, 0) is 19.4 Å². The van der Waals surface area contributed by atoms with Gasteiger partial charge in [0.15, 0.2) is 12.1 Å². The molecule has 8 heteroatoms. The molecule has 2 fully saturated rings. The van der Waals surface area contributed by atoms with Crippen molar-refractivity contribution in [2.24, 2.45) is 5.16 Å². The summed E-state index contributed by atoms with van der Waals surface area (Å²) in [5, 5.41) is 4.04. The maximum Gasteiger partial charge on any atom is 0.305 e. The topological polar surface area (TPSA) is 84.8 Å². The van der Waals surface area contributed by atoms with Crippen LogP contribution >= 0.6 is 0 Å². The van der Waals surface area contributed by atoms with Crippen LogP contribution in [0.15, 0.2) is 35.5 Å². The molecule has 1 unspecified atom stereocenters. The fourth-order valence-corrected chi connectivity index (χ4v) is 3.48. The lowest BCUT2D eigenvalue weighted by atomic mass is 10.0. The Labute approximate surface area is 157 Å². The van der Waals surface area contributed by atoms with E-state index in [0.717, 1.165) is 5.56 Å². The van der Waals surface area contributed by atoms with Gasteiger partial charge < -0.3 is 28.5 Å². The number of carbonyl (C=O) groups is 1. The zero-order valence-electron chi connectivity index (χ0n) is 15.5. The van der Waals surface area contributed by atoms with Gasteiger partial charge in [0, 0.05) is 6.92 Å². The number of carbonyl (C=O) groups excluding carboxylic acids is 1. The predicted molar refractivity (Wildman–Crippen MR) is 92.4 cm³/mol. The summed E-state index contributed by atoms with van der Waals surface area (Å²) in [4.78, 5) is 16.3. The van der Waals surface area contributed by atoms with Gasteiger partial charge in [-0.3, -0.25) is 4.79 Å². The number of benzene rings is 1. The monoisotopic (exact) mass is 377 g/mol. The van der Waals surface area contributed by atoms with Gasteiger partial charge in [-0.1, -0.05) is 35.5 Å². The van der Waals surface area contributed by atoms with E-state index in [9.17, 15) is 4.79 Å². The summed E-state index contributed by atoms with van der Waals surface area (Å²) in [6.07, 6.45) is -2.28. The summed E-state index contributed by atoms with van der Waals surface area (Å²) in [6.45, 7) is 5.41. The van der Waals surface area contributed by atoms with Crippen molar-refractivity contribution in [3.05, 3.63) is 35.9 Å². The number of oxime groups is 1. The first kappa shape index (κ1) is 18.4. The Balaban J connectivity index is 1.47. The molecule has 5 atom stereocenters. The van der Waals surface area contributed by atoms with E-state index in [4.69, 9.17) is 28.5 Å². The van der Waals surface area contributed by atoms with E-state index in [-0.39, 0.29) is 6.10 Å². The Bertz CT molecular complexity index is 720. The molecule has 146 valence electrons. The fraction of sp³-hybridized carbons (Fsp3) is 0.579. The normalized spacial score (nSPS) is 34.0. The van der Waals surface area contributed by atoms with Crippen LogP contribution < -0.4 is 0 Å². The summed E-state index contributed by atoms with van der Waals surface area (Å²) >= 11 is 0. The van der Waals surface area contributed by atoms with Crippen LogP contribution in [0.3, 0.4) is 0 Å². The third-order valence-electron chi connectivity index (χ3n) is 4.57. The maximum absolute atomic E-state index is 11.1. The lowest BCUT2D eigenvalue weighted by Gasteiger charge is -2.25. The van der Waals surface area contributed by atoms with Crippen LogP contribution in [0.4, 0.5) is 0 Å². The quantitative estimate of drug-likeness (QED) is 0.727. The van der Waals surface area contributed by atoms with Crippen LogP contribution in [0.5, 0.6) is 0 Å². The maximum atomic E-state index is 11.1. The minimum absolute atomic E-state index is 0.318. The second-order valence-corrected chi connectivity index (χ2v) is 7.22. The molecule has 0 spiro atoms. The molecule has 27 heavy (non-hydrogen) atoms. The summed E-state index contributed by atoms with van der Waals surface area (Å²) in [5.41, 5.74) is 1.65. The molecule has 0 amide bonds. The third-order valence-corrected chi connectivity index (χ3v) is 4.57. The summed E-state index contributed by atoms with van der Waals surface area (Å²) in [5.74, 6) is -1.17. The number of ether oxygens (including phenoxy) is 5. The van der Waals surface area contributed by atoms with Gasteiger partial charge in [0.2, 0.25) is 0 Å². The highest BCUT2D eigenvalue weighted by Gasteiger charge is 2.57. The van der Waals surface area contributed by atoms with Gasteiger partial charge in [0.25, 0.3) is 6.29 Å². The Morgan fingerprint density at radius 1 is 1.26 bits per heavy atom. The van der Waals surface area contributed by atoms with E-state index in [1.165, 1.54) is 6.92 Å². The first-order valence-electron chi connectivity index (χ1n) is 8.98. The first-order chi connectivity index (χ1) is 12.9. The summed E-state index contributed by atoms with van der Waals surface area (Å²) < 4.78 is 29.1. The van der Waals surface area contributed by atoms with Crippen molar-refractivity contribution in [3.8, 4) is 0 Å². The minimum atomic E-state index is -0.747. The molecule has 2 saturated heterocycles. The summed E-state index contributed by atoms with van der Waals surface area (Å²) in [7, 11) is 0. The number of esters is 1. The Morgan fingerprint density at radius 3 is 2.78 bits per heavy atom. The van der Waals surface area contributed by atoms with Crippen LogP contribution in [0, 0.1) is 0 Å². The molecule has 3 aliphatic rings. The van der Waals surface area contributed by atoms with E-state index >= 15 is 0 Å². The molecule has 0 N–H and O–H groups in total. The van der Waals surface area contributed by atoms with E-state index in [0.29, 0.717) is 18.7 Å². The lowest BCUT2D eigenvalue weighted by Crippen LogP contribution is -2.40. The van der Waals surface area contributed by atoms with Crippen LogP contribution in [-0.2, 0) is 39.9 Å². The minimum Gasteiger partial charge on any atom is -0.423 e. The zero-order chi connectivity index (χ0) is 19.0. The van der Waals surface area contributed by atoms with Crippen molar-refractivity contribution in [1.82, 2.24) is 0 Å². The Morgan fingerprint density at radius 2 is 2.04 bits per heavy atom. The highest BCUT2D eigenvalue weighted by molar-refractivity contribution is 5.90. The number of rotatable bonds is 5. The fourth-order valence-electron chi connectivity index (χ4n) is 3.48. The summed E-state index contributed by atoms with van der Waals surface area (Å²) in [6, 6.07) is 9.86. The van der Waals surface area contributed by atoms with Gasteiger partial charge in [0.1, 0.15) is 18.3 Å². The second kappa shape index (κ2) is 7.20. The Hall–Kier alpha value is -2.00. The van der Waals surface area contributed by atoms with Crippen molar-refractivity contribution in [2.45, 2.75) is 70.5 Å². The number of hydrogen-bond acceptors (Lipinski definition) is 8. The van der Waals surface area contributed by atoms with Gasteiger partial charge in [0.05, 0.1) is 18.7 Å². The molecule has 0 aliphatic carbocycles. The van der Waals surface area contributed by atoms with E-state index in [1.807, 2.05) is 44.2 Å². The molecule has 4 rings (SSSR count). The Kier molecular flexibility index (Phi) is 4.90. The SMILES string of the molecule is CC(=O)OC1CC([C@H]2O[C@@H]3OC(C)(C)O[C@@H]3[C@H]2OCc2ccccc2)=NO1. The molecule has 3 aliphatic heterocycles. The molecule has 1 aromatic carbocycles. The predicted octanol–water partition coefficient (Wildman–Crippen LogP) is 2.11. The van der Waals surface area contributed by atoms with Crippen molar-refractivity contribution >= 4 is 11.7 Å². The average molecular weight is 377 g/mol. The van der Waals surface area contributed by atoms with Crippen molar-refractivity contribution in [3.63, 3.8) is 0 Å². The molecular weight excluding hydrogens is 354 g/mol. The largest absolute Gasteiger partial charge is 0.423 e. The van der Waals surface area contributed by atoms with Gasteiger partial charge in [-0.2, -0.15) is 0 Å². The van der Waals surface area contributed by atoms with Crippen LogP contribution in [0.1, 0.15) is 32.8 Å². The third kappa shape index (κ3) is 3.98. The molecule has 3 heterocycles. The number of fused-ring (bicyclic) bond motifs is 1. The smallest absolute Gasteiger partial charge is 0.305 e. The molecule has 0 radical (unpaired) electrons. The molecule has 0 saturated carbocycles. The zero-order valence-corrected chi connectivity index (χ0v) is 15.5. The van der Waals surface area contributed by atoms with Crippen molar-refractivity contribution in [1.29, 1.82) is 0 Å². The lowest BCUT2D eigenvalue weighted by molar-refractivity contribution is -0.210. The van der Waals surface area contributed by atoms with Gasteiger partial charge in [-0.25, -0.2) is 0 Å². The van der Waals surface area contributed by atoms with Crippen LogP contribution in [0.25, 0.3) is 0 Å². The van der Waals surface area contributed by atoms with Crippen molar-refractivity contribution < 1.29 is 33.3 Å². The molecule has 0 aromatic heterocycles. The molecule has 0 bridgehead atoms. The van der Waals surface area contributed by atoms with E-state index in [2.05, 4.69) is 5.16 Å². The number of nitrogens with zero attached hydrogens (tertiary/aromatic N) is 1. The molecular formula is C19H23NO7. The van der Waals surface area contributed by atoms with Gasteiger partial charge in [-0.15, -0.1) is 0 Å². The molecule has 8 nitrogen and oxygen atoms in total. The average Bonchev–Trinajstić information content (AvgIpc) is 3.26. The van der Waals surface area contributed by atoms with Gasteiger partial charge >= 0.3 is 5.97 Å². The van der Waals surface area contributed by atoms with Crippen molar-refractivity contribution in [2.75, 3.05) is 0 Å². The highest BCUT2D eigenvalue weighted by Crippen LogP contribution is 2.40. The van der Waals surface area contributed by atoms with Crippen LogP contribution in [-0.4, -0.2) is 48.4 Å². The standard InChI is InChI=1S/C19H23NO7/c1-11(21)23-14-9-13(20-27-14)15-16(22-10-12-7-5-4-6-8-12)17-18(24-15)26-19(2,3)25-17/h4-8,14-18H,9-10H2,1-3H3/t14?,15-,16+,17-,18-/m1/s1. The van der Waals surface area contributed by atoms with Crippen LogP contribution in [0.2, 0.25) is 0 Å².